The summed E-state index contributed by atoms with van der Waals surface area (Å²) in [6.45, 7) is 4.73. The normalized spacial score (nSPS) is 18.5. The van der Waals surface area contributed by atoms with Crippen LogP contribution >= 0.6 is 0 Å². The van der Waals surface area contributed by atoms with E-state index in [1.807, 2.05) is 0 Å². The monoisotopic (exact) mass is 766 g/mol. The smallest absolute Gasteiger partial charge is 0.160 e. The van der Waals surface area contributed by atoms with E-state index in [1.165, 1.54) is 77.0 Å². The first kappa shape index (κ1) is 34.8. The van der Waals surface area contributed by atoms with Crippen molar-refractivity contribution in [2.45, 2.75) is 31.6 Å². The Morgan fingerprint density at radius 1 is 0.500 bits per heavy atom. The summed E-state index contributed by atoms with van der Waals surface area (Å²) in [5.74, 6) is 1.31. The molecule has 3 aliphatic carbocycles. The van der Waals surface area contributed by atoms with Crippen molar-refractivity contribution < 1.29 is 0 Å². The minimum Gasteiger partial charge on any atom is -0.232 e. The van der Waals surface area contributed by atoms with E-state index < -0.39 is 0 Å². The Balaban J connectivity index is 1.13. The van der Waals surface area contributed by atoms with Crippen molar-refractivity contribution in [1.29, 1.82) is 0 Å². The molecule has 8 aromatic rings. The van der Waals surface area contributed by atoms with Crippen LogP contribution in [0.25, 0.3) is 65.8 Å². The maximum absolute atomic E-state index is 5.75. The highest BCUT2D eigenvalue weighted by Gasteiger charge is 2.37. The molecule has 0 spiro atoms. The molecule has 8 aromatic carbocycles. The quantitative estimate of drug-likeness (QED) is 0.159. The second kappa shape index (κ2) is 13.4. The third-order valence-electron chi connectivity index (χ3n) is 13.5. The van der Waals surface area contributed by atoms with Gasteiger partial charge in [-0.25, -0.2) is 9.98 Å². The molecular weight excluding hydrogens is 725 g/mol. The number of allylic oxidation sites excluding steroid dienone is 7. The Bertz CT molecular complexity index is 3330. The molecule has 0 aromatic heterocycles. The Morgan fingerprint density at radius 3 is 2.07 bits per heavy atom. The largest absolute Gasteiger partial charge is 0.232 e. The summed E-state index contributed by atoms with van der Waals surface area (Å²) in [6, 6.07) is 57.9. The fourth-order valence-electron chi connectivity index (χ4n) is 10.7. The molecule has 4 aliphatic rings. The van der Waals surface area contributed by atoms with Crippen molar-refractivity contribution in [3.63, 3.8) is 0 Å². The molecule has 0 bridgehead atoms. The number of hydrogen-bond donors (Lipinski definition) is 0. The summed E-state index contributed by atoms with van der Waals surface area (Å²) < 4.78 is 0. The molecule has 2 atom stereocenters. The summed E-state index contributed by atoms with van der Waals surface area (Å²) in [4.78, 5) is 11.5. The van der Waals surface area contributed by atoms with E-state index in [-0.39, 0.29) is 11.3 Å². The van der Waals surface area contributed by atoms with E-state index in [2.05, 4.69) is 208 Å². The number of hydrogen-bond acceptors (Lipinski definition) is 2. The molecule has 0 N–H and O–H groups in total. The summed E-state index contributed by atoms with van der Waals surface area (Å²) in [6.07, 6.45) is 14.5. The van der Waals surface area contributed by atoms with Crippen LogP contribution in [0.15, 0.2) is 204 Å². The SMILES string of the molecule is CC1(C)c2ccccc2-c2c(-c3c(C4=CCC(C5=CC6C=CC=CC6c6ccccc65)=NC(c5cc6ccccc6c6ccccc56)=N4)ccc4ccccc34)cccc21. The number of amidine groups is 1. The molecule has 1 heterocycles. The van der Waals surface area contributed by atoms with Gasteiger partial charge in [-0.05, 0) is 82.9 Å². The predicted molar refractivity (Wildman–Crippen MR) is 254 cm³/mol. The molecule has 284 valence electrons. The van der Waals surface area contributed by atoms with E-state index >= 15 is 0 Å². The average Bonchev–Trinajstić information content (AvgIpc) is 3.40. The number of fused-ring (bicyclic) bond motifs is 10. The van der Waals surface area contributed by atoms with Gasteiger partial charge in [-0.1, -0.05) is 202 Å². The zero-order valence-electron chi connectivity index (χ0n) is 33.7. The first-order valence-electron chi connectivity index (χ1n) is 21.2. The summed E-state index contributed by atoms with van der Waals surface area (Å²) in [5, 5.41) is 7.20. The molecule has 0 saturated heterocycles. The van der Waals surface area contributed by atoms with Crippen molar-refractivity contribution in [2.24, 2.45) is 15.9 Å². The van der Waals surface area contributed by atoms with Crippen molar-refractivity contribution >= 4 is 55.1 Å². The molecule has 1 aliphatic heterocycles. The van der Waals surface area contributed by atoms with E-state index in [1.54, 1.807) is 0 Å². The highest BCUT2D eigenvalue weighted by Crippen LogP contribution is 2.54. The molecule has 0 amide bonds. The van der Waals surface area contributed by atoms with Gasteiger partial charge in [0.25, 0.3) is 0 Å². The second-order valence-corrected chi connectivity index (χ2v) is 17.1. The minimum absolute atomic E-state index is 0.119. The maximum atomic E-state index is 5.75. The van der Waals surface area contributed by atoms with Gasteiger partial charge in [0.2, 0.25) is 0 Å². The molecule has 0 fully saturated rings. The van der Waals surface area contributed by atoms with E-state index in [9.17, 15) is 0 Å². The van der Waals surface area contributed by atoms with Crippen molar-refractivity contribution in [3.05, 3.63) is 228 Å². The lowest BCUT2D eigenvalue weighted by molar-refractivity contribution is 0.660. The first-order valence-corrected chi connectivity index (χ1v) is 21.2. The fraction of sp³-hybridized carbons (Fsp3) is 0.103. The van der Waals surface area contributed by atoms with Crippen LogP contribution < -0.4 is 0 Å². The maximum Gasteiger partial charge on any atom is 0.160 e. The number of aliphatic imine (C=N–C) groups is 2. The van der Waals surface area contributed by atoms with Gasteiger partial charge in [-0.2, -0.15) is 0 Å². The van der Waals surface area contributed by atoms with Gasteiger partial charge in [0, 0.05) is 40.4 Å². The molecule has 2 nitrogen and oxygen atoms in total. The molecular formula is C58H42N2. The van der Waals surface area contributed by atoms with Crippen LogP contribution in [0.4, 0.5) is 0 Å². The Morgan fingerprint density at radius 2 is 1.18 bits per heavy atom. The van der Waals surface area contributed by atoms with Crippen LogP contribution in [0.5, 0.6) is 0 Å². The zero-order chi connectivity index (χ0) is 40.0. The van der Waals surface area contributed by atoms with Crippen LogP contribution in [0.2, 0.25) is 0 Å². The molecule has 2 heteroatoms. The standard InChI is InChI=1S/C58H42N2/c1-58(2)51-28-14-13-26-46(51)56-48(27-15-29-52(56)58)55-41-21-8-3-16-36(41)30-31-47(55)53-32-33-54(49-34-37-17-4-6-19-39(37)42-22-9-11-24-44(42)49)60-57(59-53)50-35-38-18-5-7-20-40(38)43-23-10-12-25-45(43)50/h3-32,34-35,37,39H,33H2,1-2H3. The van der Waals surface area contributed by atoms with E-state index in [0.29, 0.717) is 12.3 Å². The van der Waals surface area contributed by atoms with Crippen molar-refractivity contribution in [1.82, 2.24) is 0 Å². The zero-order valence-corrected chi connectivity index (χ0v) is 33.7. The van der Waals surface area contributed by atoms with Crippen molar-refractivity contribution in [3.8, 4) is 22.3 Å². The number of benzene rings is 8. The lowest BCUT2D eigenvalue weighted by Crippen LogP contribution is -2.19. The van der Waals surface area contributed by atoms with Gasteiger partial charge in [-0.15, -0.1) is 0 Å². The molecule has 0 saturated carbocycles. The van der Waals surface area contributed by atoms with Crippen LogP contribution in [0, 0.1) is 5.92 Å². The van der Waals surface area contributed by atoms with E-state index in [4.69, 9.17) is 9.98 Å². The highest BCUT2D eigenvalue weighted by atomic mass is 14.9. The van der Waals surface area contributed by atoms with Gasteiger partial charge in [0.15, 0.2) is 5.84 Å². The molecule has 2 unspecified atom stereocenters. The summed E-state index contributed by atoms with van der Waals surface area (Å²) >= 11 is 0. The third kappa shape index (κ3) is 5.27. The van der Waals surface area contributed by atoms with Gasteiger partial charge >= 0.3 is 0 Å². The van der Waals surface area contributed by atoms with Gasteiger partial charge in [0.1, 0.15) is 0 Å². The summed E-state index contributed by atoms with van der Waals surface area (Å²) in [5.41, 5.74) is 15.6. The van der Waals surface area contributed by atoms with Gasteiger partial charge in [-0.3, -0.25) is 0 Å². The highest BCUT2D eigenvalue weighted by molar-refractivity contribution is 6.31. The molecule has 12 rings (SSSR count). The number of rotatable bonds is 4. The lowest BCUT2D eigenvalue weighted by atomic mass is 9.73. The Hall–Kier alpha value is -7.16. The van der Waals surface area contributed by atoms with Crippen LogP contribution in [-0.2, 0) is 5.41 Å². The third-order valence-corrected chi connectivity index (χ3v) is 13.5. The Kier molecular flexibility index (Phi) is 7.81. The second-order valence-electron chi connectivity index (χ2n) is 17.1. The Labute approximate surface area is 351 Å². The van der Waals surface area contributed by atoms with Crippen molar-refractivity contribution in [2.75, 3.05) is 0 Å². The predicted octanol–water partition coefficient (Wildman–Crippen LogP) is 14.7. The minimum atomic E-state index is -0.119. The van der Waals surface area contributed by atoms with Gasteiger partial charge < -0.3 is 0 Å². The van der Waals surface area contributed by atoms with E-state index in [0.717, 1.165) is 33.8 Å². The summed E-state index contributed by atoms with van der Waals surface area (Å²) in [7, 11) is 0. The average molecular weight is 767 g/mol. The molecule has 60 heavy (non-hydrogen) atoms. The van der Waals surface area contributed by atoms with Crippen LogP contribution in [0.1, 0.15) is 59.6 Å². The fourth-order valence-corrected chi connectivity index (χ4v) is 10.7. The lowest BCUT2D eigenvalue weighted by Gasteiger charge is -2.31. The van der Waals surface area contributed by atoms with Crippen LogP contribution in [-0.4, -0.2) is 11.5 Å². The topological polar surface area (TPSA) is 24.7 Å². The van der Waals surface area contributed by atoms with Crippen LogP contribution in [0.3, 0.4) is 0 Å². The molecule has 0 radical (unpaired) electrons. The number of nitrogens with zero attached hydrogens (tertiary/aromatic N) is 2. The van der Waals surface area contributed by atoms with Gasteiger partial charge in [0.05, 0.1) is 11.4 Å². The first-order chi connectivity index (χ1) is 29.5.